The van der Waals surface area contributed by atoms with Gasteiger partial charge >= 0.3 is 0 Å². The van der Waals surface area contributed by atoms with Crippen molar-refractivity contribution in [3.63, 3.8) is 0 Å². The highest BCUT2D eigenvalue weighted by Crippen LogP contribution is 2.39. The molecule has 0 bridgehead atoms. The first-order valence-electron chi connectivity index (χ1n) is 21.0. The molecule has 7 aromatic carbocycles. The van der Waals surface area contributed by atoms with Crippen molar-refractivity contribution in [3.8, 4) is 56.4 Å². The van der Waals surface area contributed by atoms with Crippen LogP contribution in [0, 0.1) is 0 Å². The predicted octanol–water partition coefficient (Wildman–Crippen LogP) is 14.0. The van der Waals surface area contributed by atoms with Crippen molar-refractivity contribution in [2.45, 2.75) is 0 Å². The fourth-order valence-corrected chi connectivity index (χ4v) is 9.33. The Hall–Kier alpha value is -8.68. The lowest BCUT2D eigenvalue weighted by Gasteiger charge is -2.12. The van der Waals surface area contributed by atoms with Gasteiger partial charge in [0.05, 0.1) is 39.6 Å². The number of pyridine rings is 2. The lowest BCUT2D eigenvalue weighted by Crippen LogP contribution is -2.02. The molecule has 7 nitrogen and oxygen atoms in total. The summed E-state index contributed by atoms with van der Waals surface area (Å²) in [7, 11) is 0. The highest BCUT2D eigenvalue weighted by Gasteiger charge is 2.19. The van der Waals surface area contributed by atoms with Crippen molar-refractivity contribution in [3.05, 3.63) is 207 Å². The summed E-state index contributed by atoms with van der Waals surface area (Å²) in [5, 5.41) is 5.67. The van der Waals surface area contributed by atoms with Gasteiger partial charge in [-0.1, -0.05) is 121 Å². The van der Waals surface area contributed by atoms with E-state index in [1.54, 1.807) is 0 Å². The number of aromatic nitrogens is 6. The van der Waals surface area contributed by atoms with Crippen LogP contribution in [-0.4, -0.2) is 29.1 Å². The molecule has 0 atom stereocenters. The molecule has 0 aliphatic heterocycles. The molecule has 7 heteroatoms. The quantitative estimate of drug-likeness (QED) is 0.167. The van der Waals surface area contributed by atoms with E-state index in [-0.39, 0.29) is 0 Å². The minimum absolute atomic E-state index is 0.684. The molecule has 0 unspecified atom stereocenters. The Balaban J connectivity index is 0.961. The van der Waals surface area contributed by atoms with Crippen LogP contribution in [0.3, 0.4) is 0 Å². The minimum atomic E-state index is 0.684. The third-order valence-electron chi connectivity index (χ3n) is 12.3. The lowest BCUT2D eigenvalue weighted by atomic mass is 10.0. The van der Waals surface area contributed by atoms with Crippen LogP contribution in [0.25, 0.3) is 122 Å². The maximum atomic E-state index is 6.09. The smallest absolute Gasteiger partial charge is 0.162 e. The van der Waals surface area contributed by atoms with E-state index in [9.17, 15) is 0 Å². The number of hydrogen-bond acceptors (Lipinski definition) is 5. The van der Waals surface area contributed by atoms with E-state index in [0.717, 1.165) is 105 Å². The molecule has 63 heavy (non-hydrogen) atoms. The Bertz CT molecular complexity index is 3860. The van der Waals surface area contributed by atoms with Crippen LogP contribution in [-0.2, 0) is 0 Å². The first-order chi connectivity index (χ1) is 31.2. The summed E-state index contributed by atoms with van der Waals surface area (Å²) in [6, 6.07) is 65.8. The summed E-state index contributed by atoms with van der Waals surface area (Å²) in [6.45, 7) is 0. The molecule has 0 aliphatic rings. The van der Waals surface area contributed by atoms with Crippen LogP contribution in [0.15, 0.2) is 211 Å². The van der Waals surface area contributed by atoms with Gasteiger partial charge in [-0.25, -0.2) is 9.97 Å². The van der Waals surface area contributed by atoms with Gasteiger partial charge in [0.15, 0.2) is 11.4 Å². The van der Waals surface area contributed by atoms with Gasteiger partial charge in [0, 0.05) is 62.1 Å². The van der Waals surface area contributed by atoms with Gasteiger partial charge in [0.25, 0.3) is 0 Å². The summed E-state index contributed by atoms with van der Waals surface area (Å²) in [6.07, 6.45) is 5.69. The highest BCUT2D eigenvalue weighted by molar-refractivity contribution is 6.12. The Morgan fingerprint density at radius 2 is 1.03 bits per heavy atom. The molecular formula is C56H34N6O. The second-order valence-corrected chi connectivity index (χ2v) is 15.9. The van der Waals surface area contributed by atoms with Crippen LogP contribution >= 0.6 is 0 Å². The zero-order chi connectivity index (χ0) is 41.4. The van der Waals surface area contributed by atoms with E-state index in [2.05, 4.69) is 160 Å². The maximum absolute atomic E-state index is 6.09. The molecule has 13 rings (SSSR count). The SMILES string of the molecule is c1ccc(-c2cc(-n3c4ccccc4c4cc(-c5ccc6c7ccccc7n(-c7cncc(-c8ccc9oc%10cccnc%10c9c8)c7)c6c5)ccc43)nc(-c3ccccc3)n2)cc1. The van der Waals surface area contributed by atoms with Gasteiger partial charge in [-0.15, -0.1) is 0 Å². The van der Waals surface area contributed by atoms with Gasteiger partial charge in [-0.2, -0.15) is 0 Å². The van der Waals surface area contributed by atoms with E-state index in [1.165, 1.54) is 10.8 Å². The van der Waals surface area contributed by atoms with Crippen LogP contribution in [0.1, 0.15) is 0 Å². The molecular weight excluding hydrogens is 773 g/mol. The van der Waals surface area contributed by atoms with E-state index in [0.29, 0.717) is 5.82 Å². The fraction of sp³-hybridized carbons (Fsp3) is 0. The van der Waals surface area contributed by atoms with E-state index >= 15 is 0 Å². The second kappa shape index (κ2) is 13.9. The number of nitrogens with zero attached hydrogens (tertiary/aromatic N) is 6. The summed E-state index contributed by atoms with van der Waals surface area (Å²) < 4.78 is 10.7. The van der Waals surface area contributed by atoms with Gasteiger partial charge in [0.2, 0.25) is 0 Å². The van der Waals surface area contributed by atoms with Crippen molar-refractivity contribution in [1.29, 1.82) is 0 Å². The Kier molecular flexibility index (Phi) is 7.77. The molecule has 294 valence electrons. The van der Waals surface area contributed by atoms with Crippen molar-refractivity contribution in [1.82, 2.24) is 29.1 Å². The first-order valence-corrected chi connectivity index (χ1v) is 21.0. The molecule has 0 N–H and O–H groups in total. The molecule has 6 aromatic heterocycles. The van der Waals surface area contributed by atoms with Crippen molar-refractivity contribution in [2.75, 3.05) is 0 Å². The Morgan fingerprint density at radius 3 is 1.87 bits per heavy atom. The van der Waals surface area contributed by atoms with E-state index < -0.39 is 0 Å². The molecule has 13 aromatic rings. The average molecular weight is 807 g/mol. The lowest BCUT2D eigenvalue weighted by molar-refractivity contribution is 0.668. The van der Waals surface area contributed by atoms with Gasteiger partial charge < -0.3 is 8.98 Å². The Labute approximate surface area is 360 Å². The number of hydrogen-bond donors (Lipinski definition) is 0. The van der Waals surface area contributed by atoms with Gasteiger partial charge in [0.1, 0.15) is 16.9 Å². The normalized spacial score (nSPS) is 11.8. The maximum Gasteiger partial charge on any atom is 0.162 e. The van der Waals surface area contributed by atoms with Gasteiger partial charge in [-0.05, 0) is 77.4 Å². The van der Waals surface area contributed by atoms with Crippen LogP contribution < -0.4 is 0 Å². The molecule has 0 amide bonds. The number of rotatable bonds is 6. The van der Waals surface area contributed by atoms with Crippen molar-refractivity contribution in [2.24, 2.45) is 0 Å². The van der Waals surface area contributed by atoms with Gasteiger partial charge in [-0.3, -0.25) is 14.5 Å². The average Bonchev–Trinajstić information content (AvgIpc) is 4.01. The van der Waals surface area contributed by atoms with Crippen molar-refractivity contribution >= 4 is 65.7 Å². The zero-order valence-electron chi connectivity index (χ0n) is 33.7. The number of fused-ring (bicyclic) bond motifs is 9. The third kappa shape index (κ3) is 5.67. The highest BCUT2D eigenvalue weighted by atomic mass is 16.3. The number of furan rings is 1. The first kappa shape index (κ1) is 35.1. The molecule has 0 saturated carbocycles. The summed E-state index contributed by atoms with van der Waals surface area (Å²) in [5.74, 6) is 1.50. The third-order valence-corrected chi connectivity index (χ3v) is 12.3. The van der Waals surface area contributed by atoms with Crippen molar-refractivity contribution < 1.29 is 4.42 Å². The number of benzene rings is 7. The fourth-order valence-electron chi connectivity index (χ4n) is 9.33. The summed E-state index contributed by atoms with van der Waals surface area (Å²) in [5.41, 5.74) is 15.0. The molecule has 0 aliphatic carbocycles. The molecule has 0 radical (unpaired) electrons. The van der Waals surface area contributed by atoms with E-state index in [4.69, 9.17) is 19.4 Å². The second-order valence-electron chi connectivity index (χ2n) is 15.9. The Morgan fingerprint density at radius 1 is 0.381 bits per heavy atom. The van der Waals surface area contributed by atoms with Crippen LogP contribution in [0.4, 0.5) is 0 Å². The monoisotopic (exact) mass is 806 g/mol. The molecule has 0 fully saturated rings. The standard InChI is InChI=1S/C56H34N6O/c1-3-12-35(13-4-1)47-32-54(60-56(59-47)36-14-5-2-6-15-36)62-49-19-10-8-17-43(49)45-29-37(22-25-50(45)62)39-21-24-44-42-16-7-9-18-48(42)61(51(44)31-39)41-28-40(33-57-34-41)38-23-26-52-46(30-38)55-53(63-52)20-11-27-58-55/h1-34H. The zero-order valence-corrected chi connectivity index (χ0v) is 33.7. The number of para-hydroxylation sites is 2. The summed E-state index contributed by atoms with van der Waals surface area (Å²) in [4.78, 5) is 19.7. The molecule has 0 saturated heterocycles. The molecule has 0 spiro atoms. The molecule has 6 heterocycles. The predicted molar refractivity (Wildman–Crippen MR) is 255 cm³/mol. The van der Waals surface area contributed by atoms with Crippen LogP contribution in [0.2, 0.25) is 0 Å². The minimum Gasteiger partial charge on any atom is -0.454 e. The topological polar surface area (TPSA) is 74.6 Å². The summed E-state index contributed by atoms with van der Waals surface area (Å²) >= 11 is 0. The van der Waals surface area contributed by atoms with Crippen LogP contribution in [0.5, 0.6) is 0 Å². The largest absolute Gasteiger partial charge is 0.454 e. The van der Waals surface area contributed by atoms with E-state index in [1.807, 2.05) is 61.1 Å².